The summed E-state index contributed by atoms with van der Waals surface area (Å²) in [4.78, 5) is 0. The zero-order valence-electron chi connectivity index (χ0n) is 5.29. The average Bonchev–Trinajstić information content (AvgIpc) is 2.45. The summed E-state index contributed by atoms with van der Waals surface area (Å²) in [6.45, 7) is 0. The summed E-state index contributed by atoms with van der Waals surface area (Å²) in [5.41, 5.74) is 19.8. The Morgan fingerprint density at radius 2 is 1.82 bits per heavy atom. The Morgan fingerprint density at radius 1 is 1.09 bits per heavy atom. The Balaban J connectivity index is 3.29. The lowest BCUT2D eigenvalue weighted by Gasteiger charge is -1.83. The number of rotatable bonds is 3. The molecule has 0 aliphatic rings. The lowest BCUT2D eigenvalue weighted by Crippen LogP contribution is -1.61. The van der Waals surface area contributed by atoms with Gasteiger partial charge in [0.05, 0.1) is 0 Å². The molecule has 0 aliphatic heterocycles. The summed E-state index contributed by atoms with van der Waals surface area (Å²) >= 11 is 0. The lowest BCUT2D eigenvalue weighted by molar-refractivity contribution is 1.00. The van der Waals surface area contributed by atoms with E-state index >= 15 is 0 Å². The maximum atomic E-state index is 6.63. The highest BCUT2D eigenvalue weighted by atomic mass is 15.3. The molecule has 0 spiro atoms. The van der Waals surface area contributed by atoms with Gasteiger partial charge in [0, 0.05) is 0 Å². The molecule has 0 saturated carbocycles. The summed E-state index contributed by atoms with van der Waals surface area (Å²) < 4.78 is 0. The summed E-state index contributed by atoms with van der Waals surface area (Å²) in [5.74, 6) is -0.00278. The van der Waals surface area contributed by atoms with Crippen LogP contribution in [0.1, 0.15) is 0 Å². The molecule has 11 heavy (non-hydrogen) atoms. The number of hydrogen-bond donors (Lipinski definition) is 4. The van der Waals surface area contributed by atoms with Crippen LogP contribution in [0.15, 0.2) is 15.3 Å². The zero-order chi connectivity index (χ0) is 8.27. The van der Waals surface area contributed by atoms with Crippen molar-refractivity contribution in [1.82, 2.24) is 10.2 Å². The summed E-state index contributed by atoms with van der Waals surface area (Å²) in [5, 5.41) is 14.7. The van der Waals surface area contributed by atoms with Crippen molar-refractivity contribution < 1.29 is 0 Å². The fourth-order valence-corrected chi connectivity index (χ4v) is 0.577. The molecule has 1 rings (SSSR count). The largest absolute Gasteiger partial charge is 0.256 e. The Hall–Kier alpha value is -1.99. The van der Waals surface area contributed by atoms with Crippen LogP contribution in [0.25, 0.3) is 0 Å². The Kier molecular flexibility index (Phi) is 1.77. The van der Waals surface area contributed by atoms with Gasteiger partial charge in [-0.1, -0.05) is 0 Å². The third-order valence-electron chi connectivity index (χ3n) is 1.03. The minimum Gasteiger partial charge on any atom is -0.256 e. The van der Waals surface area contributed by atoms with Crippen molar-refractivity contribution in [3.05, 3.63) is 0 Å². The van der Waals surface area contributed by atoms with E-state index in [1.807, 2.05) is 0 Å². The van der Waals surface area contributed by atoms with Crippen LogP contribution in [0, 0.1) is 16.6 Å². The summed E-state index contributed by atoms with van der Waals surface area (Å²) in [7, 11) is 0. The quantitative estimate of drug-likeness (QED) is 0.485. The highest BCUT2D eigenvalue weighted by Gasteiger charge is 2.10. The molecule has 0 aromatic carbocycles. The van der Waals surface area contributed by atoms with E-state index in [2.05, 4.69) is 25.5 Å². The molecule has 8 nitrogen and oxygen atoms in total. The fourth-order valence-electron chi connectivity index (χ4n) is 0.577. The molecule has 1 aromatic heterocycles. The van der Waals surface area contributed by atoms with Crippen LogP contribution in [-0.2, 0) is 0 Å². The zero-order valence-corrected chi connectivity index (χ0v) is 5.29. The molecule has 0 unspecified atom stereocenters. The highest BCUT2D eigenvalue weighted by molar-refractivity contribution is 5.68. The van der Waals surface area contributed by atoms with E-state index in [1.165, 1.54) is 0 Å². The van der Waals surface area contributed by atoms with Gasteiger partial charge in [-0.3, -0.25) is 5.10 Å². The van der Waals surface area contributed by atoms with Crippen LogP contribution < -0.4 is 0 Å². The van der Waals surface area contributed by atoms with Crippen molar-refractivity contribution in [2.45, 2.75) is 0 Å². The van der Waals surface area contributed by atoms with Gasteiger partial charge in [0.2, 0.25) is 5.82 Å². The molecular formula is C3H4N8. The minimum atomic E-state index is -0.0361. The van der Waals surface area contributed by atoms with Crippen molar-refractivity contribution in [2.75, 3.05) is 0 Å². The first-order chi connectivity index (χ1) is 5.33. The van der Waals surface area contributed by atoms with Crippen LogP contribution in [0.4, 0.5) is 17.3 Å². The van der Waals surface area contributed by atoms with E-state index in [1.54, 1.807) is 0 Å². The smallest absolute Gasteiger partial charge is 0.224 e. The molecule has 4 N–H and O–H groups in total. The fraction of sp³-hybridized carbons (Fsp3) is 0. The summed E-state index contributed by atoms with van der Waals surface area (Å²) in [6.07, 6.45) is 0. The maximum absolute atomic E-state index is 6.63. The van der Waals surface area contributed by atoms with Crippen molar-refractivity contribution >= 4 is 17.3 Å². The van der Waals surface area contributed by atoms with Crippen molar-refractivity contribution in [2.24, 2.45) is 15.3 Å². The molecule has 0 aliphatic carbocycles. The molecule has 1 aromatic rings. The molecule has 0 bridgehead atoms. The molecule has 56 valence electrons. The number of H-pyrrole nitrogens is 1. The van der Waals surface area contributed by atoms with Crippen LogP contribution in [0.2, 0.25) is 0 Å². The predicted molar refractivity (Wildman–Crippen MR) is 33.0 cm³/mol. The lowest BCUT2D eigenvalue weighted by atomic mass is 10.5. The van der Waals surface area contributed by atoms with Gasteiger partial charge in [-0.2, -0.15) is 5.11 Å². The molecule has 0 saturated heterocycles. The van der Waals surface area contributed by atoms with Crippen LogP contribution >= 0.6 is 0 Å². The third kappa shape index (κ3) is 1.000. The molecule has 0 atom stereocenters. The van der Waals surface area contributed by atoms with Gasteiger partial charge in [0.15, 0.2) is 11.5 Å². The Labute approximate surface area is 60.5 Å². The van der Waals surface area contributed by atoms with Crippen molar-refractivity contribution in [1.29, 1.82) is 16.6 Å². The number of aromatic amines is 1. The number of nitrogens with zero attached hydrogens (tertiary/aromatic N) is 4. The second kappa shape index (κ2) is 2.73. The molecule has 0 fully saturated rings. The van der Waals surface area contributed by atoms with E-state index < -0.39 is 0 Å². The van der Waals surface area contributed by atoms with Crippen molar-refractivity contribution in [3.63, 3.8) is 0 Å². The molecule has 0 radical (unpaired) electrons. The topological polar surface area (TPSA) is 137 Å². The Bertz CT molecular complexity index is 271. The predicted octanol–water partition coefficient (Wildman–Crippen LogP) is 2.40. The normalized spacial score (nSPS) is 9.09. The van der Waals surface area contributed by atoms with Gasteiger partial charge in [-0.15, -0.1) is 15.3 Å². The highest BCUT2D eigenvalue weighted by Crippen LogP contribution is 2.34. The van der Waals surface area contributed by atoms with E-state index in [4.69, 9.17) is 16.6 Å². The number of aromatic nitrogens is 2. The minimum absolute atomic E-state index is 0.00926. The molecule has 0 amide bonds. The van der Waals surface area contributed by atoms with Gasteiger partial charge in [-0.05, 0) is 0 Å². The van der Waals surface area contributed by atoms with Crippen LogP contribution in [-0.4, -0.2) is 10.2 Å². The van der Waals surface area contributed by atoms with Gasteiger partial charge >= 0.3 is 0 Å². The SMILES string of the molecule is N=Nc1n[nH]c(N=N)c1N=N. The second-order valence-electron chi connectivity index (χ2n) is 1.58. The molecular weight excluding hydrogens is 148 g/mol. The first kappa shape index (κ1) is 7.12. The van der Waals surface area contributed by atoms with E-state index in [9.17, 15) is 0 Å². The van der Waals surface area contributed by atoms with E-state index in [-0.39, 0.29) is 17.3 Å². The molecule has 8 heteroatoms. The average molecular weight is 152 g/mol. The third-order valence-corrected chi connectivity index (χ3v) is 1.03. The standard InChI is InChI=1S/C3H4N8/c4-7-1-2(8-5)10-11-3(1)9-6/h4-6H,(H,10,11). The van der Waals surface area contributed by atoms with Crippen LogP contribution in [0.5, 0.6) is 0 Å². The second-order valence-corrected chi connectivity index (χ2v) is 1.58. The van der Waals surface area contributed by atoms with Gasteiger partial charge < -0.3 is 0 Å². The monoisotopic (exact) mass is 152 g/mol. The maximum Gasteiger partial charge on any atom is 0.224 e. The Morgan fingerprint density at radius 3 is 2.27 bits per heavy atom. The van der Waals surface area contributed by atoms with Gasteiger partial charge in [0.25, 0.3) is 0 Å². The number of hydrogen-bond acceptors (Lipinski definition) is 7. The van der Waals surface area contributed by atoms with Gasteiger partial charge in [-0.25, -0.2) is 16.6 Å². The van der Waals surface area contributed by atoms with Crippen molar-refractivity contribution in [3.8, 4) is 0 Å². The number of nitrogens with one attached hydrogen (secondary N) is 4. The molecule has 1 heterocycles. The van der Waals surface area contributed by atoms with E-state index in [0.717, 1.165) is 0 Å². The van der Waals surface area contributed by atoms with Gasteiger partial charge in [0.1, 0.15) is 0 Å². The summed E-state index contributed by atoms with van der Waals surface area (Å²) in [6, 6.07) is 0. The van der Waals surface area contributed by atoms with Crippen LogP contribution in [0.3, 0.4) is 0 Å². The van der Waals surface area contributed by atoms with E-state index in [0.29, 0.717) is 0 Å². The first-order valence-electron chi connectivity index (χ1n) is 2.54. The first-order valence-corrected chi connectivity index (χ1v) is 2.54.